The first-order valence-electron chi connectivity index (χ1n) is 10.6. The third kappa shape index (κ3) is 5.54. The van der Waals surface area contributed by atoms with Gasteiger partial charge < -0.3 is 24.4 Å². The van der Waals surface area contributed by atoms with Gasteiger partial charge in [0.2, 0.25) is 0 Å². The Hall–Kier alpha value is -1.87. The molecule has 1 amide bonds. The number of fused-ring (bicyclic) bond motifs is 2. The van der Waals surface area contributed by atoms with Crippen LogP contribution in [0.2, 0.25) is 0 Å². The first-order chi connectivity index (χ1) is 14.9. The third-order valence-electron chi connectivity index (χ3n) is 5.34. The molecule has 3 rings (SSSR count). The number of benzene rings is 2. The Morgan fingerprint density at radius 1 is 0.875 bits per heavy atom. The van der Waals surface area contributed by atoms with Crippen molar-refractivity contribution in [2.24, 2.45) is 0 Å². The summed E-state index contributed by atoms with van der Waals surface area (Å²) in [6.45, 7) is 11.7. The molecule has 0 saturated carbocycles. The van der Waals surface area contributed by atoms with E-state index in [1.54, 1.807) is 0 Å². The molecule has 0 bridgehead atoms. The summed E-state index contributed by atoms with van der Waals surface area (Å²) in [5.41, 5.74) is 3.19. The molecule has 0 aliphatic carbocycles. The molecule has 1 heterocycles. The van der Waals surface area contributed by atoms with Gasteiger partial charge >= 0.3 is 29.6 Å². The van der Waals surface area contributed by atoms with E-state index in [0.717, 1.165) is 37.6 Å². The minimum absolute atomic E-state index is 0. The van der Waals surface area contributed by atoms with Crippen LogP contribution < -0.4 is 54.1 Å². The first-order valence-corrected chi connectivity index (χ1v) is 11.5. The van der Waals surface area contributed by atoms with Gasteiger partial charge in [0.05, 0.1) is 17.3 Å². The molecule has 9 heteroatoms. The van der Waals surface area contributed by atoms with Gasteiger partial charge in [0.25, 0.3) is 5.24 Å². The van der Waals surface area contributed by atoms with E-state index in [0.29, 0.717) is 34.6 Å². The van der Waals surface area contributed by atoms with E-state index in [2.05, 4.69) is 37.5 Å². The topological polar surface area (TPSA) is 76.2 Å². The Labute approximate surface area is 216 Å². The van der Waals surface area contributed by atoms with Crippen LogP contribution in [0.1, 0.15) is 27.7 Å². The van der Waals surface area contributed by atoms with Gasteiger partial charge in [0.15, 0.2) is 11.5 Å². The fraction of sp³-hybridized carbons (Fsp3) is 0.391. The number of carbonyl (C=O) groups is 2. The van der Waals surface area contributed by atoms with E-state index in [9.17, 15) is 14.7 Å². The molecular formula is C23H28N3NaO4S. The number of rotatable bonds is 8. The zero-order valence-electron chi connectivity index (χ0n) is 19.4. The smallest absolute Gasteiger partial charge is 0.549 e. The zero-order valence-corrected chi connectivity index (χ0v) is 22.2. The largest absolute Gasteiger partial charge is 1.00 e. The maximum Gasteiger partial charge on any atom is 1.00 e. The first kappa shape index (κ1) is 26.4. The van der Waals surface area contributed by atoms with Crippen molar-refractivity contribution < 1.29 is 49.0 Å². The monoisotopic (exact) mass is 465 g/mol. The van der Waals surface area contributed by atoms with Gasteiger partial charge in [-0.2, -0.15) is 0 Å². The molecule has 1 aliphatic heterocycles. The van der Waals surface area contributed by atoms with E-state index in [4.69, 9.17) is 4.74 Å². The van der Waals surface area contributed by atoms with Crippen molar-refractivity contribution in [1.29, 1.82) is 0 Å². The van der Waals surface area contributed by atoms with Crippen LogP contribution in [0.3, 0.4) is 0 Å². The second kappa shape index (κ2) is 11.8. The number of carboxylic acids is 1. The standard InChI is InChI=1S/C23H29N3O4S.Na/c1-5-24(6-2)16-9-11-18-20(13-16)30-21-14-17(25(7-3)8-4)10-12-19(21)26(18)23(29)31-15-22(27)28;/h9-14H,5-8,15H2,1-4H3,(H,27,28);/q;+1/p-1. The maximum atomic E-state index is 13.0. The van der Waals surface area contributed by atoms with Gasteiger partial charge in [0, 0.05) is 55.4 Å². The predicted molar refractivity (Wildman–Crippen MR) is 125 cm³/mol. The zero-order chi connectivity index (χ0) is 22.5. The Bertz CT molecular complexity index is 903. The van der Waals surface area contributed by atoms with Crippen LogP contribution in [0.4, 0.5) is 27.5 Å². The predicted octanol–water partition coefficient (Wildman–Crippen LogP) is 1.23. The normalized spacial score (nSPS) is 11.6. The van der Waals surface area contributed by atoms with Crippen LogP contribution in [0.5, 0.6) is 11.5 Å². The summed E-state index contributed by atoms with van der Waals surface area (Å²) in [6, 6.07) is 11.5. The van der Waals surface area contributed by atoms with Crippen LogP contribution in [0.15, 0.2) is 36.4 Å². The molecule has 32 heavy (non-hydrogen) atoms. The summed E-state index contributed by atoms with van der Waals surface area (Å²) in [6.07, 6.45) is 0. The van der Waals surface area contributed by atoms with Crippen molar-refractivity contribution in [2.45, 2.75) is 27.7 Å². The van der Waals surface area contributed by atoms with Gasteiger partial charge in [0.1, 0.15) is 0 Å². The molecule has 0 aromatic heterocycles. The van der Waals surface area contributed by atoms with Crippen LogP contribution >= 0.6 is 11.8 Å². The molecule has 7 nitrogen and oxygen atoms in total. The van der Waals surface area contributed by atoms with Gasteiger partial charge in [-0.15, -0.1) is 0 Å². The van der Waals surface area contributed by atoms with E-state index in [1.165, 1.54) is 4.90 Å². The van der Waals surface area contributed by atoms with E-state index >= 15 is 0 Å². The second-order valence-electron chi connectivity index (χ2n) is 7.01. The van der Waals surface area contributed by atoms with Gasteiger partial charge in [-0.1, -0.05) is 11.8 Å². The number of carbonyl (C=O) groups excluding carboxylic acids is 2. The minimum atomic E-state index is -1.28. The number of thioether (sulfide) groups is 1. The summed E-state index contributed by atoms with van der Waals surface area (Å²) in [7, 11) is 0. The summed E-state index contributed by atoms with van der Waals surface area (Å²) in [5, 5.41) is 10.5. The average Bonchev–Trinajstić information content (AvgIpc) is 2.77. The quantitative estimate of drug-likeness (QED) is 0.543. The molecule has 166 valence electrons. The number of hydrogen-bond acceptors (Lipinski definition) is 7. The van der Waals surface area contributed by atoms with Crippen molar-refractivity contribution in [2.75, 3.05) is 46.6 Å². The molecule has 0 radical (unpaired) electrons. The SMILES string of the molecule is CCN(CC)c1ccc2c(c1)Oc1cc(N(CC)CC)ccc1N2C(=O)SCC(=O)[O-].[Na+]. The minimum Gasteiger partial charge on any atom is -0.549 e. The fourth-order valence-corrected chi connectivity index (χ4v) is 4.31. The van der Waals surface area contributed by atoms with Crippen molar-refractivity contribution in [1.82, 2.24) is 0 Å². The van der Waals surface area contributed by atoms with Crippen molar-refractivity contribution in [3.63, 3.8) is 0 Å². The number of anilines is 4. The van der Waals surface area contributed by atoms with Crippen LogP contribution in [0, 0.1) is 0 Å². The molecule has 0 saturated heterocycles. The van der Waals surface area contributed by atoms with Crippen molar-refractivity contribution >= 4 is 45.7 Å². The molecule has 0 N–H and O–H groups in total. The number of amides is 1. The van der Waals surface area contributed by atoms with Crippen LogP contribution in [-0.4, -0.2) is 43.1 Å². The molecule has 0 spiro atoms. The molecule has 0 fully saturated rings. The van der Waals surface area contributed by atoms with Crippen molar-refractivity contribution in [3.8, 4) is 11.5 Å². The maximum absolute atomic E-state index is 13.0. The second-order valence-corrected chi connectivity index (χ2v) is 7.94. The average molecular weight is 466 g/mol. The Morgan fingerprint density at radius 2 is 1.31 bits per heavy atom. The Kier molecular flexibility index (Phi) is 9.76. The third-order valence-corrected chi connectivity index (χ3v) is 6.15. The molecule has 2 aromatic rings. The van der Waals surface area contributed by atoms with E-state index < -0.39 is 11.7 Å². The van der Waals surface area contributed by atoms with Crippen LogP contribution in [-0.2, 0) is 4.79 Å². The van der Waals surface area contributed by atoms with Gasteiger partial charge in [-0.25, -0.2) is 0 Å². The molecule has 0 atom stereocenters. The molecule has 1 aliphatic rings. The number of aliphatic carboxylic acids is 1. The van der Waals surface area contributed by atoms with Crippen LogP contribution in [0.25, 0.3) is 0 Å². The summed E-state index contributed by atoms with van der Waals surface area (Å²) in [4.78, 5) is 29.8. The van der Waals surface area contributed by atoms with E-state index in [-0.39, 0.29) is 34.8 Å². The fourth-order valence-electron chi connectivity index (χ4n) is 3.74. The number of carboxylic acid groups (broad SMARTS) is 1. The summed E-state index contributed by atoms with van der Waals surface area (Å²) in [5.74, 6) is -0.552. The molecular weight excluding hydrogens is 437 g/mol. The molecule has 2 aromatic carbocycles. The number of ether oxygens (including phenoxy) is 1. The van der Waals surface area contributed by atoms with E-state index in [1.807, 2.05) is 36.4 Å². The Balaban J connectivity index is 0.00000363. The number of hydrogen-bond donors (Lipinski definition) is 0. The number of nitrogens with zero attached hydrogens (tertiary/aromatic N) is 3. The summed E-state index contributed by atoms with van der Waals surface area (Å²) >= 11 is 0.706. The Morgan fingerprint density at radius 3 is 1.69 bits per heavy atom. The van der Waals surface area contributed by atoms with Gasteiger partial charge in [-0.3, -0.25) is 9.69 Å². The van der Waals surface area contributed by atoms with Crippen molar-refractivity contribution in [3.05, 3.63) is 36.4 Å². The molecule has 0 unspecified atom stereocenters. The van der Waals surface area contributed by atoms with Gasteiger partial charge in [-0.05, 0) is 52.0 Å². The summed E-state index contributed by atoms with van der Waals surface area (Å²) < 4.78 is 6.26.